The summed E-state index contributed by atoms with van der Waals surface area (Å²) in [7, 11) is 0. The van der Waals surface area contributed by atoms with E-state index in [9.17, 15) is 4.79 Å². The first kappa shape index (κ1) is 19.0. The molecule has 0 fully saturated rings. The first-order valence-electron chi connectivity index (χ1n) is 9.30. The number of carbonyl (C=O) groups excluding carboxylic acids is 1. The molecule has 0 saturated heterocycles. The first-order valence-corrected chi connectivity index (χ1v) is 9.68. The average molecular weight is 406 g/mol. The molecule has 0 saturated carbocycles. The van der Waals surface area contributed by atoms with E-state index < -0.39 is 0 Å². The summed E-state index contributed by atoms with van der Waals surface area (Å²) in [5.74, 6) is 0.458. The van der Waals surface area contributed by atoms with Gasteiger partial charge in [0, 0.05) is 23.0 Å². The van der Waals surface area contributed by atoms with Crippen LogP contribution in [0.1, 0.15) is 34.6 Å². The van der Waals surface area contributed by atoms with Crippen molar-refractivity contribution in [2.45, 2.75) is 19.6 Å². The van der Waals surface area contributed by atoms with Crippen LogP contribution in [-0.2, 0) is 6.61 Å². The zero-order valence-electron chi connectivity index (χ0n) is 15.9. The highest BCUT2D eigenvalue weighted by Crippen LogP contribution is 2.19. The number of amides is 1. The summed E-state index contributed by atoms with van der Waals surface area (Å²) in [6.45, 7) is 2.26. The Morgan fingerprint density at radius 3 is 2.76 bits per heavy atom. The van der Waals surface area contributed by atoms with E-state index >= 15 is 0 Å². The molecule has 1 amide bonds. The van der Waals surface area contributed by atoms with E-state index in [-0.39, 0.29) is 11.9 Å². The monoisotopic (exact) mass is 405 g/mol. The molecule has 4 aromatic rings. The highest BCUT2D eigenvalue weighted by molar-refractivity contribution is 6.30. The molecule has 146 valence electrons. The molecule has 0 unspecified atom stereocenters. The van der Waals surface area contributed by atoms with Crippen molar-refractivity contribution in [3.05, 3.63) is 101 Å². The Morgan fingerprint density at radius 1 is 1.14 bits per heavy atom. The van der Waals surface area contributed by atoms with Gasteiger partial charge in [0.25, 0.3) is 5.91 Å². The van der Waals surface area contributed by atoms with Crippen molar-refractivity contribution in [1.29, 1.82) is 0 Å². The maximum atomic E-state index is 12.6. The van der Waals surface area contributed by atoms with Crippen molar-refractivity contribution >= 4 is 23.2 Å². The predicted molar refractivity (Wildman–Crippen MR) is 113 cm³/mol. The zero-order chi connectivity index (χ0) is 20.2. The number of fused-ring (bicyclic) bond motifs is 1. The van der Waals surface area contributed by atoms with Gasteiger partial charge in [-0.2, -0.15) is 0 Å². The van der Waals surface area contributed by atoms with E-state index in [2.05, 4.69) is 10.3 Å². The van der Waals surface area contributed by atoms with Gasteiger partial charge in [-0.15, -0.1) is 0 Å². The number of halogens is 1. The first-order chi connectivity index (χ1) is 14.1. The quantitative estimate of drug-likeness (QED) is 0.488. The van der Waals surface area contributed by atoms with Gasteiger partial charge >= 0.3 is 0 Å². The van der Waals surface area contributed by atoms with Gasteiger partial charge in [0.1, 0.15) is 18.0 Å². The van der Waals surface area contributed by atoms with E-state index in [0.717, 1.165) is 16.9 Å². The molecule has 29 heavy (non-hydrogen) atoms. The molecule has 0 aliphatic carbocycles. The molecular weight excluding hydrogens is 386 g/mol. The number of imidazole rings is 1. The summed E-state index contributed by atoms with van der Waals surface area (Å²) in [5, 5.41) is 3.67. The second-order valence-corrected chi connectivity index (χ2v) is 7.20. The van der Waals surface area contributed by atoms with Crippen molar-refractivity contribution in [2.24, 2.45) is 0 Å². The SMILES string of the molecule is C[C@H](NC(=O)c1cccc(OCc2cn3ccccc3n2)c1)c1ccc(Cl)cc1. The fourth-order valence-corrected chi connectivity index (χ4v) is 3.18. The summed E-state index contributed by atoms with van der Waals surface area (Å²) in [4.78, 5) is 17.1. The number of nitrogens with zero attached hydrogens (tertiary/aromatic N) is 2. The van der Waals surface area contributed by atoms with E-state index in [1.54, 1.807) is 18.2 Å². The number of rotatable bonds is 6. The van der Waals surface area contributed by atoms with Gasteiger partial charge < -0.3 is 14.5 Å². The number of hydrogen-bond acceptors (Lipinski definition) is 3. The van der Waals surface area contributed by atoms with Crippen LogP contribution in [-0.4, -0.2) is 15.3 Å². The molecule has 0 aliphatic rings. The Bertz CT molecular complexity index is 1110. The molecular formula is C23H20ClN3O2. The van der Waals surface area contributed by atoms with Crippen LogP contribution in [0.15, 0.2) is 79.1 Å². The predicted octanol–water partition coefficient (Wildman–Crippen LogP) is 5.06. The van der Waals surface area contributed by atoms with E-state index in [1.165, 1.54) is 0 Å². The van der Waals surface area contributed by atoms with Crippen LogP contribution >= 0.6 is 11.6 Å². The third-order valence-corrected chi connectivity index (χ3v) is 4.87. The Labute approximate surface area is 173 Å². The number of nitrogens with one attached hydrogen (secondary N) is 1. The maximum absolute atomic E-state index is 12.6. The van der Waals surface area contributed by atoms with Crippen molar-refractivity contribution in [1.82, 2.24) is 14.7 Å². The largest absolute Gasteiger partial charge is 0.487 e. The number of ether oxygens (including phenoxy) is 1. The summed E-state index contributed by atoms with van der Waals surface area (Å²) in [6, 6.07) is 20.3. The number of aromatic nitrogens is 2. The summed E-state index contributed by atoms with van der Waals surface area (Å²) >= 11 is 5.93. The van der Waals surface area contributed by atoms with Crippen LogP contribution in [0.25, 0.3) is 5.65 Å². The second kappa shape index (κ2) is 8.37. The third kappa shape index (κ3) is 4.58. The Morgan fingerprint density at radius 2 is 1.97 bits per heavy atom. The summed E-state index contributed by atoms with van der Waals surface area (Å²) in [6.07, 6.45) is 3.87. The number of pyridine rings is 1. The van der Waals surface area contributed by atoms with Gasteiger partial charge in [0.2, 0.25) is 0 Å². The van der Waals surface area contributed by atoms with Crippen molar-refractivity contribution < 1.29 is 9.53 Å². The fraction of sp³-hybridized carbons (Fsp3) is 0.130. The number of benzene rings is 2. The van der Waals surface area contributed by atoms with Crippen molar-refractivity contribution in [2.75, 3.05) is 0 Å². The Balaban J connectivity index is 1.40. The Hall–Kier alpha value is -3.31. The highest BCUT2D eigenvalue weighted by atomic mass is 35.5. The van der Waals surface area contributed by atoms with Gasteiger partial charge in [0.05, 0.1) is 11.7 Å². The molecule has 0 bridgehead atoms. The lowest BCUT2D eigenvalue weighted by atomic mass is 10.1. The number of hydrogen-bond donors (Lipinski definition) is 1. The average Bonchev–Trinajstić information content (AvgIpc) is 3.16. The van der Waals surface area contributed by atoms with Crippen LogP contribution in [0.2, 0.25) is 5.02 Å². The standard InChI is InChI=1S/C23H20ClN3O2/c1-16(17-8-10-19(24)11-9-17)25-23(28)18-5-4-6-21(13-18)29-15-20-14-27-12-3-2-7-22(27)26-20/h2-14,16H,15H2,1H3,(H,25,28)/t16-/m0/s1. The van der Waals surface area contributed by atoms with Crippen LogP contribution in [0, 0.1) is 0 Å². The minimum atomic E-state index is -0.161. The van der Waals surface area contributed by atoms with Gasteiger partial charge in [-0.1, -0.05) is 35.9 Å². The van der Waals surface area contributed by atoms with E-state index in [1.807, 2.05) is 72.2 Å². The number of carbonyl (C=O) groups is 1. The molecule has 0 spiro atoms. The zero-order valence-corrected chi connectivity index (χ0v) is 16.6. The van der Waals surface area contributed by atoms with Gasteiger partial charge in [-0.3, -0.25) is 4.79 Å². The molecule has 0 aliphatic heterocycles. The van der Waals surface area contributed by atoms with Crippen molar-refractivity contribution in [3.63, 3.8) is 0 Å². The van der Waals surface area contributed by atoms with Gasteiger partial charge in [-0.05, 0) is 55.0 Å². The topological polar surface area (TPSA) is 55.6 Å². The summed E-state index contributed by atoms with van der Waals surface area (Å²) in [5.41, 5.74) is 3.22. The normalized spacial score (nSPS) is 11.9. The van der Waals surface area contributed by atoms with Gasteiger partial charge in [0.15, 0.2) is 0 Å². The van der Waals surface area contributed by atoms with E-state index in [4.69, 9.17) is 16.3 Å². The van der Waals surface area contributed by atoms with Crippen LogP contribution < -0.4 is 10.1 Å². The smallest absolute Gasteiger partial charge is 0.251 e. The molecule has 4 rings (SSSR count). The van der Waals surface area contributed by atoms with E-state index in [0.29, 0.717) is 22.9 Å². The molecule has 0 radical (unpaired) electrons. The lowest BCUT2D eigenvalue weighted by Gasteiger charge is -2.15. The van der Waals surface area contributed by atoms with Gasteiger partial charge in [-0.25, -0.2) is 4.98 Å². The van der Waals surface area contributed by atoms with Crippen LogP contribution in [0.5, 0.6) is 5.75 Å². The molecule has 1 N–H and O–H groups in total. The summed E-state index contributed by atoms with van der Waals surface area (Å²) < 4.78 is 7.79. The van der Waals surface area contributed by atoms with Crippen LogP contribution in [0.4, 0.5) is 0 Å². The highest BCUT2D eigenvalue weighted by Gasteiger charge is 2.12. The molecule has 6 heteroatoms. The molecule has 2 aromatic carbocycles. The lowest BCUT2D eigenvalue weighted by Crippen LogP contribution is -2.26. The lowest BCUT2D eigenvalue weighted by molar-refractivity contribution is 0.0939. The second-order valence-electron chi connectivity index (χ2n) is 6.76. The minimum Gasteiger partial charge on any atom is -0.487 e. The third-order valence-electron chi connectivity index (χ3n) is 4.61. The maximum Gasteiger partial charge on any atom is 0.251 e. The molecule has 5 nitrogen and oxygen atoms in total. The molecule has 2 heterocycles. The Kier molecular flexibility index (Phi) is 5.49. The molecule has 1 atom stereocenters. The molecule has 2 aromatic heterocycles. The minimum absolute atomic E-state index is 0.137. The van der Waals surface area contributed by atoms with Crippen LogP contribution in [0.3, 0.4) is 0 Å². The fourth-order valence-electron chi connectivity index (χ4n) is 3.06. The van der Waals surface area contributed by atoms with Crippen molar-refractivity contribution in [3.8, 4) is 5.75 Å².